The molecule has 0 heterocycles. The van der Waals surface area contributed by atoms with Crippen LogP contribution in [0, 0.1) is 0 Å². The first-order chi connectivity index (χ1) is 8.01. The van der Waals surface area contributed by atoms with E-state index in [0.29, 0.717) is 24.3 Å². The average molecular weight is 258 g/mol. The number of rotatable bonds is 7. The summed E-state index contributed by atoms with van der Waals surface area (Å²) in [4.78, 5) is 10.4. The number of aldehydes is 1. The first-order valence-electron chi connectivity index (χ1n) is 5.04. The van der Waals surface area contributed by atoms with Crippen LogP contribution in [0.25, 0.3) is 0 Å². The highest BCUT2D eigenvalue weighted by atomic mass is 32.2. The zero-order chi connectivity index (χ0) is 12.7. The summed E-state index contributed by atoms with van der Waals surface area (Å²) in [5.41, 5.74) is 0.581. The number of ether oxygens (including phenoxy) is 1. The van der Waals surface area contributed by atoms with Crippen LogP contribution >= 0.6 is 0 Å². The third kappa shape index (κ3) is 6.03. The molecule has 17 heavy (non-hydrogen) atoms. The van der Waals surface area contributed by atoms with Gasteiger partial charge in [-0.3, -0.25) is 8.98 Å². The summed E-state index contributed by atoms with van der Waals surface area (Å²) in [6, 6.07) is 6.66. The van der Waals surface area contributed by atoms with Crippen LogP contribution in [0.2, 0.25) is 0 Å². The fourth-order valence-electron chi connectivity index (χ4n) is 1.10. The zero-order valence-corrected chi connectivity index (χ0v) is 10.3. The van der Waals surface area contributed by atoms with Gasteiger partial charge in [0.15, 0.2) is 0 Å². The Morgan fingerprint density at radius 3 is 2.35 bits per heavy atom. The molecule has 0 aliphatic carbocycles. The fraction of sp³-hybridized carbons (Fsp3) is 0.364. The van der Waals surface area contributed by atoms with E-state index in [-0.39, 0.29) is 6.61 Å². The highest BCUT2D eigenvalue weighted by Gasteiger charge is 2.00. The fourth-order valence-corrected chi connectivity index (χ4v) is 1.52. The molecule has 1 aromatic rings. The third-order valence-corrected chi connectivity index (χ3v) is 2.47. The molecule has 5 nitrogen and oxygen atoms in total. The van der Waals surface area contributed by atoms with E-state index in [2.05, 4.69) is 4.18 Å². The van der Waals surface area contributed by atoms with Gasteiger partial charge < -0.3 is 4.74 Å². The molecule has 0 fully saturated rings. The molecule has 0 saturated carbocycles. The normalized spacial score (nSPS) is 11.1. The van der Waals surface area contributed by atoms with Crippen molar-refractivity contribution in [2.24, 2.45) is 0 Å². The maximum Gasteiger partial charge on any atom is 0.264 e. The van der Waals surface area contributed by atoms with Crippen molar-refractivity contribution < 1.29 is 22.1 Å². The molecule has 6 heteroatoms. The Labute approximate surface area is 100 Å². The van der Waals surface area contributed by atoms with Gasteiger partial charge in [-0.1, -0.05) is 0 Å². The summed E-state index contributed by atoms with van der Waals surface area (Å²) < 4.78 is 31.2. The topological polar surface area (TPSA) is 69.7 Å². The molecule has 0 N–H and O–H groups in total. The van der Waals surface area contributed by atoms with Gasteiger partial charge in [0.1, 0.15) is 12.0 Å². The van der Waals surface area contributed by atoms with E-state index in [1.54, 1.807) is 24.3 Å². The minimum absolute atomic E-state index is 0.102. The van der Waals surface area contributed by atoms with Crippen molar-refractivity contribution in [2.45, 2.75) is 6.42 Å². The van der Waals surface area contributed by atoms with Crippen LogP contribution in [-0.4, -0.2) is 34.2 Å². The molecule has 0 saturated heterocycles. The number of benzene rings is 1. The van der Waals surface area contributed by atoms with Crippen LogP contribution in [0.1, 0.15) is 16.8 Å². The van der Waals surface area contributed by atoms with Crippen molar-refractivity contribution in [3.05, 3.63) is 29.8 Å². The van der Waals surface area contributed by atoms with Crippen molar-refractivity contribution >= 4 is 16.4 Å². The SMILES string of the molecule is CS(=O)(=O)OCCCOc1ccc(C=O)cc1. The second-order valence-corrected chi connectivity index (χ2v) is 5.06. The minimum atomic E-state index is -3.37. The summed E-state index contributed by atoms with van der Waals surface area (Å²) in [6.45, 7) is 0.460. The molecular weight excluding hydrogens is 244 g/mol. The molecule has 1 aromatic carbocycles. The van der Waals surface area contributed by atoms with E-state index < -0.39 is 10.1 Å². The smallest absolute Gasteiger partial charge is 0.264 e. The van der Waals surface area contributed by atoms with Gasteiger partial charge in [0.2, 0.25) is 0 Å². The molecule has 0 spiro atoms. The maximum absolute atomic E-state index is 10.6. The molecule has 94 valence electrons. The minimum Gasteiger partial charge on any atom is -0.494 e. The Kier molecular flexibility index (Phi) is 5.11. The number of carbonyl (C=O) groups is 1. The summed E-state index contributed by atoms with van der Waals surface area (Å²) in [5, 5.41) is 0. The van der Waals surface area contributed by atoms with Gasteiger partial charge in [-0.25, -0.2) is 0 Å². The number of carbonyl (C=O) groups excluding carboxylic acids is 1. The summed E-state index contributed by atoms with van der Waals surface area (Å²) in [6.07, 6.45) is 2.23. The van der Waals surface area contributed by atoms with E-state index in [9.17, 15) is 13.2 Å². The Bertz CT molecular complexity index is 449. The van der Waals surface area contributed by atoms with Gasteiger partial charge in [-0.15, -0.1) is 0 Å². The molecule has 0 bridgehead atoms. The second-order valence-electron chi connectivity index (χ2n) is 3.42. The largest absolute Gasteiger partial charge is 0.494 e. The first-order valence-corrected chi connectivity index (χ1v) is 6.85. The third-order valence-electron chi connectivity index (χ3n) is 1.87. The lowest BCUT2D eigenvalue weighted by molar-refractivity contribution is 0.112. The van der Waals surface area contributed by atoms with E-state index in [1.807, 2.05) is 0 Å². The molecule has 0 aromatic heterocycles. The maximum atomic E-state index is 10.6. The van der Waals surface area contributed by atoms with Gasteiger partial charge in [0.05, 0.1) is 19.5 Å². The summed E-state index contributed by atoms with van der Waals surface area (Å²) in [7, 11) is -3.37. The summed E-state index contributed by atoms with van der Waals surface area (Å²) >= 11 is 0. The monoisotopic (exact) mass is 258 g/mol. The Balaban J connectivity index is 2.24. The molecule has 0 amide bonds. The average Bonchev–Trinajstić information content (AvgIpc) is 2.28. The number of hydrogen-bond acceptors (Lipinski definition) is 5. The quantitative estimate of drug-likeness (QED) is 0.418. The van der Waals surface area contributed by atoms with Gasteiger partial charge >= 0.3 is 0 Å². The van der Waals surface area contributed by atoms with E-state index in [1.165, 1.54) is 0 Å². The Morgan fingerprint density at radius 1 is 1.18 bits per heavy atom. The van der Waals surface area contributed by atoms with Gasteiger partial charge in [-0.2, -0.15) is 8.42 Å². The molecule has 0 unspecified atom stereocenters. The standard InChI is InChI=1S/C11H14O5S/c1-17(13,14)16-8-2-7-15-11-5-3-10(9-12)4-6-11/h3-6,9H,2,7-8H2,1H3. The van der Waals surface area contributed by atoms with Gasteiger partial charge in [-0.05, 0) is 24.3 Å². The molecule has 0 radical (unpaired) electrons. The van der Waals surface area contributed by atoms with Crippen molar-refractivity contribution in [1.82, 2.24) is 0 Å². The van der Waals surface area contributed by atoms with Crippen LogP contribution in [0.4, 0.5) is 0 Å². The highest BCUT2D eigenvalue weighted by Crippen LogP contribution is 2.11. The van der Waals surface area contributed by atoms with E-state index >= 15 is 0 Å². The van der Waals surface area contributed by atoms with Crippen LogP contribution in [0.3, 0.4) is 0 Å². The molecule has 0 aliphatic rings. The predicted molar refractivity (Wildman–Crippen MR) is 62.7 cm³/mol. The number of hydrogen-bond donors (Lipinski definition) is 0. The molecule has 0 aliphatic heterocycles. The zero-order valence-electron chi connectivity index (χ0n) is 9.46. The van der Waals surface area contributed by atoms with Crippen LogP contribution < -0.4 is 4.74 Å². The highest BCUT2D eigenvalue weighted by molar-refractivity contribution is 7.85. The van der Waals surface area contributed by atoms with Crippen molar-refractivity contribution in [1.29, 1.82) is 0 Å². The second kappa shape index (κ2) is 6.36. The van der Waals surface area contributed by atoms with Crippen LogP contribution in [0.15, 0.2) is 24.3 Å². The van der Waals surface area contributed by atoms with Crippen LogP contribution in [-0.2, 0) is 14.3 Å². The van der Waals surface area contributed by atoms with E-state index in [4.69, 9.17) is 4.74 Å². The molecular formula is C11H14O5S. The van der Waals surface area contributed by atoms with Crippen molar-refractivity contribution in [3.63, 3.8) is 0 Å². The molecule has 1 rings (SSSR count). The lowest BCUT2D eigenvalue weighted by Crippen LogP contribution is -2.07. The lowest BCUT2D eigenvalue weighted by atomic mass is 10.2. The Morgan fingerprint density at radius 2 is 1.82 bits per heavy atom. The Hall–Kier alpha value is -1.40. The van der Waals surface area contributed by atoms with Crippen molar-refractivity contribution in [3.8, 4) is 5.75 Å². The lowest BCUT2D eigenvalue weighted by Gasteiger charge is -2.05. The molecule has 0 atom stereocenters. The van der Waals surface area contributed by atoms with E-state index in [0.717, 1.165) is 12.5 Å². The van der Waals surface area contributed by atoms with Gasteiger partial charge in [0.25, 0.3) is 10.1 Å². The predicted octanol–water partition coefficient (Wildman–Crippen LogP) is 1.24. The van der Waals surface area contributed by atoms with Gasteiger partial charge in [0, 0.05) is 12.0 Å². The van der Waals surface area contributed by atoms with Crippen LogP contribution in [0.5, 0.6) is 5.75 Å². The van der Waals surface area contributed by atoms with Crippen molar-refractivity contribution in [2.75, 3.05) is 19.5 Å². The first kappa shape index (κ1) is 13.7. The summed E-state index contributed by atoms with van der Waals surface area (Å²) in [5.74, 6) is 0.634.